The van der Waals surface area contributed by atoms with Crippen LogP contribution in [0.25, 0.3) is 0 Å². The predicted octanol–water partition coefficient (Wildman–Crippen LogP) is 2.94. The Balaban J connectivity index is 1.41. The number of rotatable bonds is 5. The highest BCUT2D eigenvalue weighted by Gasteiger charge is 2.45. The maximum Gasteiger partial charge on any atom is 0.411 e. The molecule has 12 heteroatoms. The lowest BCUT2D eigenvalue weighted by Crippen LogP contribution is -2.51. The van der Waals surface area contributed by atoms with E-state index in [4.69, 9.17) is 21.1 Å². The van der Waals surface area contributed by atoms with Gasteiger partial charge in [0, 0.05) is 57.3 Å². The van der Waals surface area contributed by atoms with E-state index in [9.17, 15) is 14.4 Å². The Morgan fingerprint density at radius 3 is 2.49 bits per heavy atom. The van der Waals surface area contributed by atoms with Crippen LogP contribution in [0.1, 0.15) is 44.5 Å². The molecule has 0 unspecified atom stereocenters. The summed E-state index contributed by atoms with van der Waals surface area (Å²) in [7, 11) is 0. The summed E-state index contributed by atoms with van der Waals surface area (Å²) < 4.78 is 10.7. The summed E-state index contributed by atoms with van der Waals surface area (Å²) in [5.74, 6) is 1.79. The van der Waals surface area contributed by atoms with Gasteiger partial charge in [0.1, 0.15) is 17.5 Å². The van der Waals surface area contributed by atoms with Crippen LogP contribution >= 0.6 is 23.4 Å². The number of esters is 1. The molecule has 10 nitrogen and oxygen atoms in total. The molecule has 1 aromatic heterocycles. The molecule has 0 N–H and O–H groups in total. The molecular weight excluding hydrogens is 518 g/mol. The van der Waals surface area contributed by atoms with Gasteiger partial charge < -0.3 is 19.3 Å². The first-order valence-electron chi connectivity index (χ1n) is 12.7. The average molecular weight is 554 g/mol. The zero-order chi connectivity index (χ0) is 26.7. The van der Waals surface area contributed by atoms with Crippen LogP contribution in [-0.2, 0) is 14.3 Å². The average Bonchev–Trinajstić information content (AvgIpc) is 3.54. The van der Waals surface area contributed by atoms with Gasteiger partial charge in [-0.15, -0.1) is 11.8 Å². The predicted molar refractivity (Wildman–Crippen MR) is 143 cm³/mol. The van der Waals surface area contributed by atoms with Crippen LogP contribution in [0.5, 0.6) is 0 Å². The second kappa shape index (κ2) is 11.7. The van der Waals surface area contributed by atoms with E-state index in [1.807, 2.05) is 25.7 Å². The molecule has 1 aromatic rings. The Morgan fingerprint density at radius 1 is 1.16 bits per heavy atom. The summed E-state index contributed by atoms with van der Waals surface area (Å²) >= 11 is 8.20. The minimum absolute atomic E-state index is 0.00895. The molecule has 2 atom stereocenters. The fraction of sp³-hybridized carbons (Fsp3) is 0.680. The number of thioether (sulfide) groups is 1. The van der Waals surface area contributed by atoms with Crippen molar-refractivity contribution in [1.82, 2.24) is 19.7 Å². The summed E-state index contributed by atoms with van der Waals surface area (Å²) in [5, 5.41) is 0.408. The van der Waals surface area contributed by atoms with Crippen LogP contribution < -0.4 is 4.90 Å². The number of amides is 2. The number of piperazine rings is 1. The fourth-order valence-electron chi connectivity index (χ4n) is 4.92. The Kier molecular flexibility index (Phi) is 8.75. The van der Waals surface area contributed by atoms with Crippen molar-refractivity contribution in [2.45, 2.75) is 51.8 Å². The molecule has 3 aliphatic heterocycles. The molecule has 2 amide bonds. The van der Waals surface area contributed by atoms with Crippen molar-refractivity contribution in [3.05, 3.63) is 22.8 Å². The van der Waals surface area contributed by atoms with Gasteiger partial charge in [0.25, 0.3) is 0 Å². The standard InChI is InChI=1S/C25H36ClN5O5S/c1-5-35-23(33)17-12-19(26)21(27-14-17)29-8-6-28(7-9-29)18-13-20(22(32)30-10-11-37-16-30)31(15-18)24(34)36-25(2,3)4/h12,14,18,20H,5-11,13,15-16H2,1-4H3/t18-,20-/m0/s1. The van der Waals surface area contributed by atoms with E-state index in [0.29, 0.717) is 54.9 Å². The highest BCUT2D eigenvalue weighted by Crippen LogP contribution is 2.30. The number of nitrogens with zero attached hydrogens (tertiary/aromatic N) is 5. The van der Waals surface area contributed by atoms with Crippen LogP contribution in [0.4, 0.5) is 10.6 Å². The summed E-state index contributed by atoms with van der Waals surface area (Å²) in [5.41, 5.74) is -0.304. The molecule has 0 aliphatic carbocycles. The molecule has 0 saturated carbocycles. The summed E-state index contributed by atoms with van der Waals surface area (Å²) in [4.78, 5) is 50.7. The SMILES string of the molecule is CCOC(=O)c1cnc(N2CCN([C@H]3C[C@@H](C(=O)N4CCSC4)N(C(=O)OC(C)(C)C)C3)CC2)c(Cl)c1. The van der Waals surface area contributed by atoms with Crippen LogP contribution in [-0.4, -0.2) is 113 Å². The number of carbonyl (C=O) groups excluding carboxylic acids is 3. The molecule has 204 valence electrons. The molecule has 4 rings (SSSR count). The largest absolute Gasteiger partial charge is 0.462 e. The Bertz CT molecular complexity index is 1010. The second-order valence-electron chi connectivity index (χ2n) is 10.4. The van der Waals surface area contributed by atoms with Crippen LogP contribution in [0, 0.1) is 0 Å². The first-order chi connectivity index (χ1) is 17.6. The zero-order valence-electron chi connectivity index (χ0n) is 21.9. The molecule has 37 heavy (non-hydrogen) atoms. The Hall–Kier alpha value is -2.24. The molecule has 3 aliphatic rings. The molecule has 0 radical (unpaired) electrons. The van der Waals surface area contributed by atoms with E-state index >= 15 is 0 Å². The lowest BCUT2D eigenvalue weighted by molar-refractivity contribution is -0.134. The Labute approximate surface area is 227 Å². The van der Waals surface area contributed by atoms with Gasteiger partial charge in [-0.05, 0) is 40.2 Å². The number of anilines is 1. The number of pyridine rings is 1. The molecule has 3 fully saturated rings. The third kappa shape index (κ3) is 6.61. The van der Waals surface area contributed by atoms with Crippen molar-refractivity contribution in [2.24, 2.45) is 0 Å². The van der Waals surface area contributed by atoms with Gasteiger partial charge in [-0.1, -0.05) is 11.6 Å². The van der Waals surface area contributed by atoms with Gasteiger partial charge in [-0.2, -0.15) is 0 Å². The van der Waals surface area contributed by atoms with Crippen molar-refractivity contribution in [3.63, 3.8) is 0 Å². The van der Waals surface area contributed by atoms with Crippen molar-refractivity contribution in [1.29, 1.82) is 0 Å². The third-order valence-electron chi connectivity index (χ3n) is 6.72. The van der Waals surface area contributed by atoms with Gasteiger partial charge >= 0.3 is 12.1 Å². The smallest absolute Gasteiger partial charge is 0.411 e. The minimum atomic E-state index is -0.632. The second-order valence-corrected chi connectivity index (χ2v) is 11.9. The number of hydrogen-bond acceptors (Lipinski definition) is 9. The van der Waals surface area contributed by atoms with Crippen LogP contribution in [0.15, 0.2) is 12.3 Å². The number of ether oxygens (including phenoxy) is 2. The first-order valence-corrected chi connectivity index (χ1v) is 14.3. The van der Waals surface area contributed by atoms with Gasteiger partial charge in [0.2, 0.25) is 5.91 Å². The highest BCUT2D eigenvalue weighted by atomic mass is 35.5. The van der Waals surface area contributed by atoms with E-state index in [1.165, 1.54) is 6.20 Å². The van der Waals surface area contributed by atoms with Gasteiger partial charge in [-0.25, -0.2) is 14.6 Å². The normalized spacial score (nSPS) is 22.9. The maximum atomic E-state index is 13.3. The van der Waals surface area contributed by atoms with E-state index in [0.717, 1.165) is 18.8 Å². The van der Waals surface area contributed by atoms with Crippen LogP contribution in [0.3, 0.4) is 0 Å². The Morgan fingerprint density at radius 2 is 1.89 bits per heavy atom. The van der Waals surface area contributed by atoms with Gasteiger partial charge in [-0.3, -0.25) is 14.6 Å². The summed E-state index contributed by atoms with van der Waals surface area (Å²) in [6.45, 7) is 11.6. The van der Waals surface area contributed by atoms with Gasteiger partial charge in [0.05, 0.1) is 23.1 Å². The zero-order valence-corrected chi connectivity index (χ0v) is 23.5. The molecular formula is C25H36ClN5O5S. The topological polar surface area (TPSA) is 95.5 Å². The highest BCUT2D eigenvalue weighted by molar-refractivity contribution is 7.99. The molecule has 0 bridgehead atoms. The molecule has 0 spiro atoms. The minimum Gasteiger partial charge on any atom is -0.462 e. The fourth-order valence-corrected chi connectivity index (χ4v) is 6.16. The van der Waals surface area contributed by atoms with Crippen molar-refractivity contribution < 1.29 is 23.9 Å². The first kappa shape index (κ1) is 27.8. The van der Waals surface area contributed by atoms with Crippen molar-refractivity contribution in [2.75, 3.05) is 62.4 Å². The number of carbonyl (C=O) groups is 3. The number of aromatic nitrogens is 1. The lowest BCUT2D eigenvalue weighted by Gasteiger charge is -2.38. The van der Waals surface area contributed by atoms with E-state index in [-0.39, 0.29) is 18.6 Å². The number of halogens is 1. The van der Waals surface area contributed by atoms with E-state index in [2.05, 4.69) is 14.8 Å². The van der Waals surface area contributed by atoms with Crippen molar-refractivity contribution in [3.8, 4) is 0 Å². The monoisotopic (exact) mass is 553 g/mol. The maximum absolute atomic E-state index is 13.3. The molecule has 0 aromatic carbocycles. The van der Waals surface area contributed by atoms with E-state index < -0.39 is 23.7 Å². The summed E-state index contributed by atoms with van der Waals surface area (Å²) in [6, 6.07) is 1.15. The van der Waals surface area contributed by atoms with Crippen LogP contribution in [0.2, 0.25) is 5.02 Å². The quantitative estimate of drug-likeness (QED) is 0.510. The third-order valence-corrected chi connectivity index (χ3v) is 7.96. The summed E-state index contributed by atoms with van der Waals surface area (Å²) in [6.07, 6.45) is 1.65. The lowest BCUT2D eigenvalue weighted by atomic mass is 10.1. The van der Waals surface area contributed by atoms with E-state index in [1.54, 1.807) is 29.7 Å². The molecule has 4 heterocycles. The van der Waals surface area contributed by atoms with Gasteiger partial charge in [0.15, 0.2) is 0 Å². The number of hydrogen-bond donors (Lipinski definition) is 0. The number of likely N-dealkylation sites (tertiary alicyclic amines) is 1. The molecule has 3 saturated heterocycles. The van der Waals surface area contributed by atoms with Crippen molar-refractivity contribution >= 4 is 47.2 Å².